The van der Waals surface area contributed by atoms with Crippen LogP contribution in [0.4, 0.5) is 5.82 Å². The van der Waals surface area contributed by atoms with Crippen LogP contribution in [0.1, 0.15) is 30.7 Å². The molecule has 15 heavy (non-hydrogen) atoms. The predicted molar refractivity (Wildman–Crippen MR) is 61.0 cm³/mol. The smallest absolute Gasteiger partial charge is 0.128 e. The monoisotopic (exact) mass is 203 g/mol. The maximum atomic E-state index is 5.82. The summed E-state index contributed by atoms with van der Waals surface area (Å²) in [5.74, 6) is 1.70. The van der Waals surface area contributed by atoms with Crippen LogP contribution in [-0.4, -0.2) is 24.1 Å². The van der Waals surface area contributed by atoms with Crippen molar-refractivity contribution in [3.63, 3.8) is 0 Å². The van der Waals surface area contributed by atoms with E-state index in [1.807, 2.05) is 6.20 Å². The van der Waals surface area contributed by atoms with E-state index in [0.29, 0.717) is 12.0 Å². The van der Waals surface area contributed by atoms with Crippen LogP contribution in [0.3, 0.4) is 0 Å². The van der Waals surface area contributed by atoms with E-state index in [1.165, 1.54) is 18.4 Å². The van der Waals surface area contributed by atoms with Crippen molar-refractivity contribution in [1.82, 2.24) is 4.98 Å². The molecule has 0 aromatic carbocycles. The first-order chi connectivity index (χ1) is 7.34. The number of pyridine rings is 1. The lowest BCUT2D eigenvalue weighted by Gasteiger charge is -2.16. The molecule has 1 saturated heterocycles. The minimum Gasteiger partial charge on any atom is -0.357 e. The predicted octanol–water partition coefficient (Wildman–Crippen LogP) is 1.50. The van der Waals surface area contributed by atoms with Gasteiger partial charge in [-0.1, -0.05) is 6.07 Å². The standard InChI is InChI=1S/C12H17N3/c13-11-7-10(11)9-3-4-12(14-8-9)15-5-1-2-6-15/h3-4,8,10-11H,1-2,5-7,13H2/t10-,11+/m0/s1. The molecule has 3 nitrogen and oxygen atoms in total. The van der Waals surface area contributed by atoms with Crippen molar-refractivity contribution in [1.29, 1.82) is 0 Å². The summed E-state index contributed by atoms with van der Waals surface area (Å²) in [6.45, 7) is 2.32. The molecule has 2 fully saturated rings. The first kappa shape index (κ1) is 9.16. The third-order valence-electron chi connectivity index (χ3n) is 3.47. The largest absolute Gasteiger partial charge is 0.357 e. The fourth-order valence-electron chi connectivity index (χ4n) is 2.35. The van der Waals surface area contributed by atoms with Crippen molar-refractivity contribution < 1.29 is 0 Å². The lowest BCUT2D eigenvalue weighted by atomic mass is 10.2. The highest BCUT2D eigenvalue weighted by Crippen LogP contribution is 2.38. The molecule has 3 heteroatoms. The Morgan fingerprint density at radius 1 is 1.27 bits per heavy atom. The van der Waals surface area contributed by atoms with Crippen LogP contribution < -0.4 is 10.6 Å². The average Bonchev–Trinajstić information content (AvgIpc) is 2.82. The number of anilines is 1. The highest BCUT2D eigenvalue weighted by molar-refractivity contribution is 5.41. The van der Waals surface area contributed by atoms with E-state index >= 15 is 0 Å². The molecule has 1 aliphatic carbocycles. The van der Waals surface area contributed by atoms with Gasteiger partial charge in [0.05, 0.1) is 0 Å². The lowest BCUT2D eigenvalue weighted by Crippen LogP contribution is -2.18. The molecule has 1 aromatic heterocycles. The fraction of sp³-hybridized carbons (Fsp3) is 0.583. The Kier molecular flexibility index (Phi) is 2.13. The molecule has 0 amide bonds. The van der Waals surface area contributed by atoms with Crippen LogP contribution in [0, 0.1) is 0 Å². The first-order valence-corrected chi connectivity index (χ1v) is 5.81. The van der Waals surface area contributed by atoms with Gasteiger partial charge < -0.3 is 10.6 Å². The molecule has 1 aromatic rings. The van der Waals surface area contributed by atoms with Crippen molar-refractivity contribution in [2.45, 2.75) is 31.2 Å². The Labute approximate surface area is 90.3 Å². The topological polar surface area (TPSA) is 42.1 Å². The zero-order valence-electron chi connectivity index (χ0n) is 8.89. The molecule has 1 saturated carbocycles. The van der Waals surface area contributed by atoms with Gasteiger partial charge in [-0.15, -0.1) is 0 Å². The maximum absolute atomic E-state index is 5.82. The Morgan fingerprint density at radius 2 is 2.00 bits per heavy atom. The minimum absolute atomic E-state index is 0.379. The van der Waals surface area contributed by atoms with Gasteiger partial charge in [0.15, 0.2) is 0 Å². The summed E-state index contributed by atoms with van der Waals surface area (Å²) in [4.78, 5) is 6.88. The van der Waals surface area contributed by atoms with Crippen LogP contribution in [0.5, 0.6) is 0 Å². The van der Waals surface area contributed by atoms with Gasteiger partial charge in [-0.3, -0.25) is 0 Å². The zero-order valence-corrected chi connectivity index (χ0v) is 8.89. The van der Waals surface area contributed by atoms with E-state index in [2.05, 4.69) is 22.0 Å². The van der Waals surface area contributed by atoms with E-state index in [4.69, 9.17) is 5.73 Å². The first-order valence-electron chi connectivity index (χ1n) is 5.81. The van der Waals surface area contributed by atoms with Gasteiger partial charge >= 0.3 is 0 Å². The quantitative estimate of drug-likeness (QED) is 0.792. The molecule has 80 valence electrons. The number of nitrogens with zero attached hydrogens (tertiary/aromatic N) is 2. The van der Waals surface area contributed by atoms with Crippen LogP contribution in [0.25, 0.3) is 0 Å². The minimum atomic E-state index is 0.379. The molecule has 0 radical (unpaired) electrons. The number of rotatable bonds is 2. The second-order valence-electron chi connectivity index (χ2n) is 4.65. The Bertz CT molecular complexity index is 340. The van der Waals surface area contributed by atoms with Gasteiger partial charge in [0.2, 0.25) is 0 Å². The molecule has 0 unspecified atom stereocenters. The van der Waals surface area contributed by atoms with E-state index in [0.717, 1.165) is 25.3 Å². The van der Waals surface area contributed by atoms with Crippen LogP contribution in [0.15, 0.2) is 18.3 Å². The number of hydrogen-bond acceptors (Lipinski definition) is 3. The van der Waals surface area contributed by atoms with Gasteiger partial charge in [-0.2, -0.15) is 0 Å². The van der Waals surface area contributed by atoms with Crippen molar-refractivity contribution in [2.75, 3.05) is 18.0 Å². The molecular weight excluding hydrogens is 186 g/mol. The van der Waals surface area contributed by atoms with Gasteiger partial charge in [0.25, 0.3) is 0 Å². The molecule has 1 aliphatic heterocycles. The third kappa shape index (κ3) is 1.72. The normalized spacial score (nSPS) is 29.5. The van der Waals surface area contributed by atoms with E-state index in [9.17, 15) is 0 Å². The molecule has 0 spiro atoms. The highest BCUT2D eigenvalue weighted by Gasteiger charge is 2.34. The molecule has 3 rings (SSSR count). The lowest BCUT2D eigenvalue weighted by molar-refractivity contribution is 0.924. The third-order valence-corrected chi connectivity index (χ3v) is 3.47. The summed E-state index contributed by atoms with van der Waals surface area (Å²) in [7, 11) is 0. The number of nitrogens with two attached hydrogens (primary N) is 1. The second-order valence-corrected chi connectivity index (χ2v) is 4.65. The average molecular weight is 203 g/mol. The Morgan fingerprint density at radius 3 is 2.53 bits per heavy atom. The van der Waals surface area contributed by atoms with Crippen LogP contribution in [0.2, 0.25) is 0 Å². The van der Waals surface area contributed by atoms with E-state index < -0.39 is 0 Å². The van der Waals surface area contributed by atoms with Crippen molar-refractivity contribution in [2.24, 2.45) is 5.73 Å². The molecule has 2 N–H and O–H groups in total. The summed E-state index contributed by atoms with van der Waals surface area (Å²) < 4.78 is 0. The van der Waals surface area contributed by atoms with Gasteiger partial charge in [0, 0.05) is 31.2 Å². The number of aromatic nitrogens is 1. The number of hydrogen-bond donors (Lipinski definition) is 1. The van der Waals surface area contributed by atoms with Crippen molar-refractivity contribution in [3.05, 3.63) is 23.9 Å². The summed E-state index contributed by atoms with van der Waals surface area (Å²) in [5.41, 5.74) is 7.13. The van der Waals surface area contributed by atoms with Crippen LogP contribution in [-0.2, 0) is 0 Å². The summed E-state index contributed by atoms with van der Waals surface area (Å²) in [6.07, 6.45) is 5.74. The van der Waals surface area contributed by atoms with E-state index in [-0.39, 0.29) is 0 Å². The second kappa shape index (κ2) is 3.49. The van der Waals surface area contributed by atoms with Crippen molar-refractivity contribution >= 4 is 5.82 Å². The van der Waals surface area contributed by atoms with Crippen LogP contribution >= 0.6 is 0 Å². The van der Waals surface area contributed by atoms with Gasteiger partial charge in [-0.25, -0.2) is 4.98 Å². The zero-order chi connectivity index (χ0) is 10.3. The van der Waals surface area contributed by atoms with Crippen molar-refractivity contribution in [3.8, 4) is 0 Å². The SMILES string of the molecule is N[C@@H]1C[C@H]1c1ccc(N2CCCC2)nc1. The highest BCUT2D eigenvalue weighted by atomic mass is 15.2. The summed E-state index contributed by atoms with van der Waals surface area (Å²) in [6, 6.07) is 4.72. The van der Waals surface area contributed by atoms with Gasteiger partial charge in [-0.05, 0) is 30.9 Å². The van der Waals surface area contributed by atoms with Gasteiger partial charge in [0.1, 0.15) is 5.82 Å². The molecule has 0 bridgehead atoms. The van der Waals surface area contributed by atoms with E-state index in [1.54, 1.807) is 0 Å². The summed E-state index contributed by atoms with van der Waals surface area (Å²) >= 11 is 0. The maximum Gasteiger partial charge on any atom is 0.128 e. The fourth-order valence-corrected chi connectivity index (χ4v) is 2.35. The molecule has 2 aliphatic rings. The Hall–Kier alpha value is -1.09. The Balaban J connectivity index is 1.75. The molecular formula is C12H17N3. The molecule has 2 atom stereocenters. The summed E-state index contributed by atoms with van der Waals surface area (Å²) in [5, 5.41) is 0. The molecule has 2 heterocycles.